The van der Waals surface area contributed by atoms with E-state index < -0.39 is 12.6 Å². The van der Waals surface area contributed by atoms with Crippen LogP contribution in [0.3, 0.4) is 0 Å². The third kappa shape index (κ3) is 6.01. The molecule has 124 valence electrons. The van der Waals surface area contributed by atoms with Gasteiger partial charge in [-0.25, -0.2) is 4.39 Å². The van der Waals surface area contributed by atoms with Gasteiger partial charge in [0.25, 0.3) is 0 Å². The standard InChI is InChI=1S/C16H14FN3O3S/c17-12-3-5-13(6-4-12)19-16(24)20-18-9-11-1-7-14(8-2-11)23-10-15(21)22/h1-9H,10H2,(H,21,22)(H2,19,20,24)/p-1/b18-9-. The Morgan fingerprint density at radius 2 is 1.88 bits per heavy atom. The number of carboxylic acid groups (broad SMARTS) is 1. The molecule has 0 spiro atoms. The fraction of sp³-hybridized carbons (Fsp3) is 0.0625. The van der Waals surface area contributed by atoms with Gasteiger partial charge in [0, 0.05) is 5.69 Å². The van der Waals surface area contributed by atoms with E-state index in [-0.39, 0.29) is 10.9 Å². The smallest absolute Gasteiger partial charge is 0.191 e. The summed E-state index contributed by atoms with van der Waals surface area (Å²) in [5.41, 5.74) is 4.02. The fourth-order valence-corrected chi connectivity index (χ4v) is 1.82. The normalized spacial score (nSPS) is 10.4. The van der Waals surface area contributed by atoms with Crippen LogP contribution in [0.2, 0.25) is 0 Å². The summed E-state index contributed by atoms with van der Waals surface area (Å²) in [6.45, 7) is -0.502. The van der Waals surface area contributed by atoms with Gasteiger partial charge in [-0.1, -0.05) is 0 Å². The average molecular weight is 346 g/mol. The number of halogens is 1. The van der Waals surface area contributed by atoms with Gasteiger partial charge in [0.15, 0.2) is 5.11 Å². The second-order valence-electron chi connectivity index (χ2n) is 4.56. The second kappa shape index (κ2) is 8.59. The van der Waals surface area contributed by atoms with Crippen molar-refractivity contribution >= 4 is 35.2 Å². The number of carbonyl (C=O) groups is 1. The van der Waals surface area contributed by atoms with Crippen molar-refractivity contribution in [2.45, 2.75) is 0 Å². The van der Waals surface area contributed by atoms with Gasteiger partial charge < -0.3 is 20.0 Å². The molecule has 0 unspecified atom stereocenters. The number of nitrogens with zero attached hydrogens (tertiary/aromatic N) is 1. The maximum atomic E-state index is 12.8. The number of rotatable bonds is 6. The molecule has 0 bridgehead atoms. The maximum absolute atomic E-state index is 12.8. The van der Waals surface area contributed by atoms with Crippen LogP contribution >= 0.6 is 12.2 Å². The van der Waals surface area contributed by atoms with Crippen molar-refractivity contribution in [3.8, 4) is 5.75 Å². The Balaban J connectivity index is 1.81. The minimum absolute atomic E-state index is 0.256. The lowest BCUT2D eigenvalue weighted by atomic mass is 10.2. The molecule has 0 atom stereocenters. The van der Waals surface area contributed by atoms with Crippen molar-refractivity contribution < 1.29 is 19.0 Å². The lowest BCUT2D eigenvalue weighted by Gasteiger charge is -2.07. The lowest BCUT2D eigenvalue weighted by Crippen LogP contribution is -2.28. The van der Waals surface area contributed by atoms with Crippen molar-refractivity contribution in [1.82, 2.24) is 5.43 Å². The molecule has 0 amide bonds. The van der Waals surface area contributed by atoms with Crippen molar-refractivity contribution in [3.63, 3.8) is 0 Å². The van der Waals surface area contributed by atoms with E-state index in [1.165, 1.54) is 18.3 Å². The van der Waals surface area contributed by atoms with Gasteiger partial charge in [-0.05, 0) is 66.3 Å². The molecule has 2 N–H and O–H groups in total. The number of hydrogen-bond donors (Lipinski definition) is 2. The molecule has 0 saturated heterocycles. The molecule has 0 aromatic heterocycles. The summed E-state index contributed by atoms with van der Waals surface area (Å²) in [6, 6.07) is 12.4. The third-order valence-electron chi connectivity index (χ3n) is 2.72. The van der Waals surface area contributed by atoms with E-state index in [0.29, 0.717) is 11.4 Å². The molecule has 0 aliphatic carbocycles. The zero-order valence-electron chi connectivity index (χ0n) is 12.4. The summed E-state index contributed by atoms with van der Waals surface area (Å²) in [6.07, 6.45) is 1.53. The summed E-state index contributed by atoms with van der Waals surface area (Å²) >= 11 is 5.05. The predicted molar refractivity (Wildman–Crippen MR) is 90.3 cm³/mol. The van der Waals surface area contributed by atoms with E-state index in [0.717, 1.165) is 5.56 Å². The first-order valence-corrected chi connectivity index (χ1v) is 7.22. The molecule has 6 nitrogen and oxygen atoms in total. The van der Waals surface area contributed by atoms with E-state index in [9.17, 15) is 14.3 Å². The average Bonchev–Trinajstić information content (AvgIpc) is 2.56. The Morgan fingerprint density at radius 1 is 1.21 bits per heavy atom. The lowest BCUT2D eigenvalue weighted by molar-refractivity contribution is -0.307. The van der Waals surface area contributed by atoms with Crippen LogP contribution in [0.1, 0.15) is 5.56 Å². The Hall–Kier alpha value is -3.00. The highest BCUT2D eigenvalue weighted by Crippen LogP contribution is 2.11. The minimum Gasteiger partial charge on any atom is -0.546 e. The highest BCUT2D eigenvalue weighted by atomic mass is 32.1. The number of nitrogens with one attached hydrogen (secondary N) is 2. The SMILES string of the molecule is O=C([O-])COc1ccc(/C=N\NC(=S)Nc2ccc(F)cc2)cc1. The quantitative estimate of drug-likeness (QED) is 0.465. The number of aliphatic carboxylic acids is 1. The molecule has 0 fully saturated rings. The molecular formula is C16H13FN3O3S-. The molecule has 2 aromatic rings. The van der Waals surface area contributed by atoms with Crippen molar-refractivity contribution in [1.29, 1.82) is 0 Å². The van der Waals surface area contributed by atoms with E-state index in [1.54, 1.807) is 36.4 Å². The van der Waals surface area contributed by atoms with Crippen LogP contribution in [0.4, 0.5) is 10.1 Å². The zero-order valence-corrected chi connectivity index (χ0v) is 13.2. The topological polar surface area (TPSA) is 85.8 Å². The summed E-state index contributed by atoms with van der Waals surface area (Å²) in [7, 11) is 0. The van der Waals surface area contributed by atoms with E-state index in [4.69, 9.17) is 17.0 Å². The number of hydrogen-bond acceptors (Lipinski definition) is 5. The van der Waals surface area contributed by atoms with Crippen LogP contribution in [0.5, 0.6) is 5.75 Å². The van der Waals surface area contributed by atoms with Gasteiger partial charge in [0.1, 0.15) is 18.2 Å². The number of benzene rings is 2. The molecule has 2 rings (SSSR count). The fourth-order valence-electron chi connectivity index (χ4n) is 1.65. The molecule has 0 aliphatic rings. The Kier molecular flexibility index (Phi) is 6.21. The monoisotopic (exact) mass is 346 g/mol. The highest BCUT2D eigenvalue weighted by molar-refractivity contribution is 7.80. The molecule has 2 aromatic carbocycles. The van der Waals surface area contributed by atoms with Crippen LogP contribution in [0.25, 0.3) is 0 Å². The predicted octanol–water partition coefficient (Wildman–Crippen LogP) is 1.27. The number of hydrazone groups is 1. The minimum atomic E-state index is -1.29. The Morgan fingerprint density at radius 3 is 2.50 bits per heavy atom. The second-order valence-corrected chi connectivity index (χ2v) is 4.97. The highest BCUT2D eigenvalue weighted by Gasteiger charge is 1.97. The van der Waals surface area contributed by atoms with Crippen molar-refractivity contribution in [2.75, 3.05) is 11.9 Å². The Bertz CT molecular complexity index is 733. The van der Waals surface area contributed by atoms with Gasteiger partial charge >= 0.3 is 0 Å². The van der Waals surface area contributed by atoms with Gasteiger partial charge in [-0.2, -0.15) is 5.10 Å². The van der Waals surface area contributed by atoms with Gasteiger partial charge in [-0.15, -0.1) is 0 Å². The zero-order chi connectivity index (χ0) is 17.4. The largest absolute Gasteiger partial charge is 0.546 e. The van der Waals surface area contributed by atoms with Crippen LogP contribution in [0.15, 0.2) is 53.6 Å². The molecule has 0 saturated carbocycles. The number of carbonyl (C=O) groups excluding carboxylic acids is 1. The molecule has 24 heavy (non-hydrogen) atoms. The number of anilines is 1. The first-order chi connectivity index (χ1) is 11.5. The molecule has 0 aliphatic heterocycles. The van der Waals surface area contributed by atoms with E-state index in [2.05, 4.69) is 15.8 Å². The summed E-state index contributed by atoms with van der Waals surface area (Å²) in [5.74, 6) is -1.20. The van der Waals surface area contributed by atoms with Crippen LogP contribution in [0, 0.1) is 5.82 Å². The summed E-state index contributed by atoms with van der Waals surface area (Å²) in [4.78, 5) is 10.3. The third-order valence-corrected chi connectivity index (χ3v) is 2.91. The Labute approximate surface area is 143 Å². The number of ether oxygens (including phenoxy) is 1. The molecular weight excluding hydrogens is 333 g/mol. The van der Waals surface area contributed by atoms with Gasteiger partial charge in [0.05, 0.1) is 12.2 Å². The van der Waals surface area contributed by atoms with Crippen LogP contribution in [-0.2, 0) is 4.79 Å². The van der Waals surface area contributed by atoms with E-state index >= 15 is 0 Å². The van der Waals surface area contributed by atoms with E-state index in [1.807, 2.05) is 0 Å². The molecule has 0 heterocycles. The first-order valence-electron chi connectivity index (χ1n) is 6.81. The summed E-state index contributed by atoms with van der Waals surface area (Å²) in [5, 5.41) is 17.4. The van der Waals surface area contributed by atoms with Gasteiger partial charge in [0.2, 0.25) is 0 Å². The van der Waals surface area contributed by atoms with Crippen molar-refractivity contribution in [2.24, 2.45) is 5.10 Å². The van der Waals surface area contributed by atoms with Crippen LogP contribution < -0.4 is 20.6 Å². The molecule has 0 radical (unpaired) electrons. The number of carboxylic acids is 1. The maximum Gasteiger partial charge on any atom is 0.191 e. The number of thiocarbonyl (C=S) groups is 1. The van der Waals surface area contributed by atoms with Crippen molar-refractivity contribution in [3.05, 3.63) is 59.9 Å². The summed E-state index contributed by atoms with van der Waals surface area (Å²) < 4.78 is 17.8. The van der Waals surface area contributed by atoms with Gasteiger partial charge in [-0.3, -0.25) is 5.43 Å². The van der Waals surface area contributed by atoms with Crippen LogP contribution in [-0.4, -0.2) is 23.9 Å². The first kappa shape index (κ1) is 17.4. The molecule has 8 heteroatoms.